The summed E-state index contributed by atoms with van der Waals surface area (Å²) in [6, 6.07) is 3.99. The van der Waals surface area contributed by atoms with E-state index >= 15 is 0 Å². The van der Waals surface area contributed by atoms with Crippen LogP contribution in [0.5, 0.6) is 0 Å². The molecule has 0 bridgehead atoms. The summed E-state index contributed by atoms with van der Waals surface area (Å²) in [6.07, 6.45) is 6.57. The van der Waals surface area contributed by atoms with Gasteiger partial charge in [-0.15, -0.1) is 0 Å². The van der Waals surface area contributed by atoms with Gasteiger partial charge in [-0.05, 0) is 37.6 Å². The van der Waals surface area contributed by atoms with Crippen molar-refractivity contribution in [2.75, 3.05) is 6.54 Å². The standard InChI is InChI=1S/C17H19FN2O3.CH4/c18-11-5-6-12-13(17(22)23)10-20(15(12)9-11)8-2-3-14-16(21)4-1-7-19-14;/h2-3,5-6,9-10,14,16,19,21H,1,4,7-8H2,(H,22,23);1H4/b3-2+;/t14-,16+;/m1./s1. The number of carbonyl (C=O) groups is 1. The lowest BCUT2D eigenvalue weighted by molar-refractivity contribution is 0.0698. The summed E-state index contributed by atoms with van der Waals surface area (Å²) in [5.41, 5.74) is 0.702. The zero-order valence-electron chi connectivity index (χ0n) is 12.6. The first kappa shape index (κ1) is 18.2. The number of hydrogen-bond donors (Lipinski definition) is 3. The lowest BCUT2D eigenvalue weighted by Crippen LogP contribution is -2.43. The molecule has 5 nitrogen and oxygen atoms in total. The van der Waals surface area contributed by atoms with Crippen LogP contribution in [-0.2, 0) is 6.54 Å². The highest BCUT2D eigenvalue weighted by atomic mass is 19.1. The number of fused-ring (bicyclic) bond motifs is 1. The van der Waals surface area contributed by atoms with Crippen LogP contribution in [0, 0.1) is 5.82 Å². The summed E-state index contributed by atoms with van der Waals surface area (Å²) in [4.78, 5) is 11.3. The van der Waals surface area contributed by atoms with E-state index in [9.17, 15) is 19.4 Å². The number of aliphatic hydroxyl groups is 1. The van der Waals surface area contributed by atoms with Crippen molar-refractivity contribution >= 4 is 16.9 Å². The van der Waals surface area contributed by atoms with Crippen molar-refractivity contribution in [3.8, 4) is 0 Å². The Kier molecular flexibility index (Phi) is 5.75. The van der Waals surface area contributed by atoms with Gasteiger partial charge in [0.1, 0.15) is 5.82 Å². The second-order valence-electron chi connectivity index (χ2n) is 5.78. The van der Waals surface area contributed by atoms with Gasteiger partial charge in [0, 0.05) is 18.1 Å². The molecule has 2 heterocycles. The van der Waals surface area contributed by atoms with Gasteiger partial charge in [-0.2, -0.15) is 0 Å². The molecule has 2 atom stereocenters. The minimum atomic E-state index is -1.03. The number of allylic oxidation sites excluding steroid dienone is 1. The maximum absolute atomic E-state index is 13.5. The molecule has 24 heavy (non-hydrogen) atoms. The molecule has 0 spiro atoms. The van der Waals surface area contributed by atoms with Crippen LogP contribution in [0.3, 0.4) is 0 Å². The normalized spacial score (nSPS) is 21.1. The van der Waals surface area contributed by atoms with Crippen molar-refractivity contribution in [3.05, 3.63) is 47.9 Å². The van der Waals surface area contributed by atoms with Gasteiger partial charge >= 0.3 is 5.97 Å². The SMILES string of the molecule is C.O=C(O)c1cn(C/C=C/[C@H]2NCCC[C@@H]2O)c2cc(F)ccc12. The molecular formula is C18H23FN2O3. The van der Waals surface area contributed by atoms with Gasteiger partial charge in [0.05, 0.1) is 23.2 Å². The fraction of sp³-hybridized carbons (Fsp3) is 0.389. The van der Waals surface area contributed by atoms with Crippen LogP contribution in [0.1, 0.15) is 30.6 Å². The summed E-state index contributed by atoms with van der Waals surface area (Å²) in [7, 11) is 0. The largest absolute Gasteiger partial charge is 0.478 e. The third kappa shape index (κ3) is 3.66. The summed E-state index contributed by atoms with van der Waals surface area (Å²) in [5, 5.41) is 22.9. The van der Waals surface area contributed by atoms with E-state index in [2.05, 4.69) is 5.32 Å². The molecule has 1 fully saturated rings. The molecule has 1 aromatic heterocycles. The Morgan fingerprint density at radius 2 is 2.25 bits per heavy atom. The van der Waals surface area contributed by atoms with Gasteiger partial charge in [0.2, 0.25) is 0 Å². The summed E-state index contributed by atoms with van der Waals surface area (Å²) < 4.78 is 15.2. The molecule has 1 aromatic carbocycles. The third-order valence-corrected chi connectivity index (χ3v) is 4.19. The number of halogens is 1. The molecule has 0 saturated carbocycles. The van der Waals surface area contributed by atoms with Crippen molar-refractivity contribution in [1.82, 2.24) is 9.88 Å². The Morgan fingerprint density at radius 3 is 2.96 bits per heavy atom. The molecule has 0 radical (unpaired) electrons. The van der Waals surface area contributed by atoms with Gasteiger partial charge in [0.15, 0.2) is 0 Å². The minimum absolute atomic E-state index is 0. The van der Waals surface area contributed by atoms with Crippen LogP contribution in [0.15, 0.2) is 36.5 Å². The van der Waals surface area contributed by atoms with E-state index in [4.69, 9.17) is 0 Å². The van der Waals surface area contributed by atoms with Gasteiger partial charge in [-0.3, -0.25) is 0 Å². The van der Waals surface area contributed by atoms with E-state index in [0.29, 0.717) is 17.4 Å². The van der Waals surface area contributed by atoms with Crippen molar-refractivity contribution < 1.29 is 19.4 Å². The Morgan fingerprint density at radius 1 is 1.46 bits per heavy atom. The second-order valence-corrected chi connectivity index (χ2v) is 5.78. The maximum atomic E-state index is 13.5. The molecule has 3 N–H and O–H groups in total. The predicted octanol–water partition coefficient (Wildman–Crippen LogP) is 2.78. The average Bonchev–Trinajstić information content (AvgIpc) is 2.87. The molecule has 2 aromatic rings. The number of rotatable bonds is 4. The molecule has 6 heteroatoms. The van der Waals surface area contributed by atoms with Crippen LogP contribution in [0.4, 0.5) is 4.39 Å². The van der Waals surface area contributed by atoms with Crippen LogP contribution in [0.25, 0.3) is 10.9 Å². The Bertz CT molecular complexity index is 754. The summed E-state index contributed by atoms with van der Waals surface area (Å²) >= 11 is 0. The number of nitrogens with zero attached hydrogens (tertiary/aromatic N) is 1. The first-order valence-electron chi connectivity index (χ1n) is 7.66. The first-order chi connectivity index (χ1) is 11.1. The van der Waals surface area contributed by atoms with E-state index in [1.807, 2.05) is 12.2 Å². The molecule has 1 aliphatic rings. The van der Waals surface area contributed by atoms with E-state index in [0.717, 1.165) is 19.4 Å². The number of nitrogens with one attached hydrogen (secondary N) is 1. The maximum Gasteiger partial charge on any atom is 0.337 e. The van der Waals surface area contributed by atoms with E-state index in [1.54, 1.807) is 4.57 Å². The Balaban J connectivity index is 0.00000208. The van der Waals surface area contributed by atoms with E-state index in [-0.39, 0.29) is 19.0 Å². The number of piperidine rings is 1. The van der Waals surface area contributed by atoms with Gasteiger partial charge in [-0.1, -0.05) is 19.6 Å². The lowest BCUT2D eigenvalue weighted by atomic mass is 10.0. The summed E-state index contributed by atoms with van der Waals surface area (Å²) in [5.74, 6) is -1.43. The van der Waals surface area contributed by atoms with Crippen LogP contribution in [-0.4, -0.2) is 39.4 Å². The van der Waals surface area contributed by atoms with E-state index in [1.165, 1.54) is 24.4 Å². The van der Waals surface area contributed by atoms with E-state index < -0.39 is 17.9 Å². The fourth-order valence-corrected chi connectivity index (χ4v) is 3.00. The smallest absolute Gasteiger partial charge is 0.337 e. The van der Waals surface area contributed by atoms with Crippen molar-refractivity contribution in [2.45, 2.75) is 39.0 Å². The second kappa shape index (κ2) is 7.59. The molecule has 0 unspecified atom stereocenters. The molecule has 0 aliphatic carbocycles. The minimum Gasteiger partial charge on any atom is -0.478 e. The predicted molar refractivity (Wildman–Crippen MR) is 91.8 cm³/mol. The highest BCUT2D eigenvalue weighted by Crippen LogP contribution is 2.23. The topological polar surface area (TPSA) is 74.5 Å². The zero-order chi connectivity index (χ0) is 16.4. The number of aliphatic hydroxyl groups excluding tert-OH is 1. The third-order valence-electron chi connectivity index (χ3n) is 4.19. The lowest BCUT2D eigenvalue weighted by Gasteiger charge is -2.26. The van der Waals surface area contributed by atoms with Crippen LogP contribution in [0.2, 0.25) is 0 Å². The monoisotopic (exact) mass is 334 g/mol. The van der Waals surface area contributed by atoms with Crippen LogP contribution >= 0.6 is 0 Å². The molecule has 1 saturated heterocycles. The first-order valence-corrected chi connectivity index (χ1v) is 7.66. The zero-order valence-corrected chi connectivity index (χ0v) is 12.6. The van der Waals surface area contributed by atoms with Gasteiger partial charge in [0.25, 0.3) is 0 Å². The number of carboxylic acids is 1. The highest BCUT2D eigenvalue weighted by molar-refractivity contribution is 6.03. The van der Waals surface area contributed by atoms with Gasteiger partial charge in [-0.25, -0.2) is 9.18 Å². The summed E-state index contributed by atoms with van der Waals surface area (Å²) in [6.45, 7) is 1.28. The molecular weight excluding hydrogens is 311 g/mol. The number of hydrogen-bond acceptors (Lipinski definition) is 3. The number of aromatic nitrogens is 1. The molecule has 130 valence electrons. The molecule has 0 amide bonds. The van der Waals surface area contributed by atoms with Crippen molar-refractivity contribution in [2.24, 2.45) is 0 Å². The van der Waals surface area contributed by atoms with Crippen LogP contribution < -0.4 is 5.32 Å². The fourth-order valence-electron chi connectivity index (χ4n) is 3.00. The number of carboxylic acid groups (broad SMARTS) is 1. The van der Waals surface area contributed by atoms with Gasteiger partial charge < -0.3 is 20.1 Å². The highest BCUT2D eigenvalue weighted by Gasteiger charge is 2.19. The number of benzene rings is 1. The Labute approximate surface area is 140 Å². The quantitative estimate of drug-likeness (QED) is 0.752. The average molecular weight is 334 g/mol. The van der Waals surface area contributed by atoms with Crippen molar-refractivity contribution in [1.29, 1.82) is 0 Å². The molecule has 3 rings (SSSR count). The molecule has 1 aliphatic heterocycles. The Hall–Kier alpha value is -2.18. The van der Waals surface area contributed by atoms with Crippen molar-refractivity contribution in [3.63, 3.8) is 0 Å². The number of aromatic carboxylic acids is 1.